The molecule has 0 fully saturated rings. The summed E-state index contributed by atoms with van der Waals surface area (Å²) < 4.78 is 6.84. The van der Waals surface area contributed by atoms with Gasteiger partial charge in [0.25, 0.3) is 0 Å². The Morgan fingerprint density at radius 2 is 2.17 bits per heavy atom. The zero-order chi connectivity index (χ0) is 13.1. The maximum atomic E-state index is 5.87. The number of benzene rings is 1. The highest BCUT2D eigenvalue weighted by Gasteiger charge is 2.04. The van der Waals surface area contributed by atoms with E-state index in [9.17, 15) is 0 Å². The van der Waals surface area contributed by atoms with E-state index in [-0.39, 0.29) is 0 Å². The monoisotopic (exact) mass is 246 g/mol. The third-order valence-corrected chi connectivity index (χ3v) is 2.86. The Bertz CT molecular complexity index is 548. The van der Waals surface area contributed by atoms with E-state index in [0.717, 1.165) is 28.5 Å². The minimum Gasteiger partial charge on any atom is -0.481 e. The molecule has 1 aromatic carbocycles. The molecule has 1 aromatic heterocycles. The van der Waals surface area contributed by atoms with Gasteiger partial charge in [0, 0.05) is 25.3 Å². The van der Waals surface area contributed by atoms with Crippen LogP contribution in [0.4, 0.5) is 11.5 Å². The van der Waals surface area contributed by atoms with Crippen LogP contribution < -0.4 is 15.8 Å². The molecule has 0 aliphatic rings. The number of rotatable bonds is 4. The Balaban J connectivity index is 2.04. The molecular formula is C13H18N4O. The Morgan fingerprint density at radius 1 is 1.39 bits per heavy atom. The number of nitrogens with two attached hydrogens (primary N) is 1. The summed E-state index contributed by atoms with van der Waals surface area (Å²) >= 11 is 0. The van der Waals surface area contributed by atoms with Crippen molar-refractivity contribution in [3.8, 4) is 5.88 Å². The van der Waals surface area contributed by atoms with Crippen LogP contribution in [0.3, 0.4) is 0 Å². The lowest BCUT2D eigenvalue weighted by molar-refractivity contribution is 0.373. The number of nitrogens with one attached hydrogen (secondary N) is 1. The number of nitrogen functional groups attached to an aromatic ring is 1. The zero-order valence-electron chi connectivity index (χ0n) is 10.9. The smallest absolute Gasteiger partial charge is 0.213 e. The summed E-state index contributed by atoms with van der Waals surface area (Å²) in [6, 6.07) is 7.91. The van der Waals surface area contributed by atoms with Crippen LogP contribution in [0.2, 0.25) is 0 Å². The van der Waals surface area contributed by atoms with Crippen molar-refractivity contribution in [3.05, 3.63) is 35.4 Å². The van der Waals surface area contributed by atoms with E-state index in [2.05, 4.69) is 16.5 Å². The quantitative estimate of drug-likeness (QED) is 0.809. The topological polar surface area (TPSA) is 65.1 Å². The molecule has 18 heavy (non-hydrogen) atoms. The Labute approximate surface area is 107 Å². The van der Waals surface area contributed by atoms with Crippen molar-refractivity contribution in [1.29, 1.82) is 0 Å². The van der Waals surface area contributed by atoms with Gasteiger partial charge in [-0.15, -0.1) is 0 Å². The van der Waals surface area contributed by atoms with Gasteiger partial charge in [-0.2, -0.15) is 5.10 Å². The van der Waals surface area contributed by atoms with E-state index < -0.39 is 0 Å². The molecule has 0 radical (unpaired) electrons. The number of anilines is 2. The molecule has 5 heteroatoms. The second-order valence-electron chi connectivity index (χ2n) is 4.24. The van der Waals surface area contributed by atoms with Gasteiger partial charge in [-0.05, 0) is 24.1 Å². The minimum absolute atomic E-state index is 0.685. The molecule has 1 heterocycles. The van der Waals surface area contributed by atoms with Crippen LogP contribution in [0.5, 0.6) is 5.88 Å². The van der Waals surface area contributed by atoms with E-state index >= 15 is 0 Å². The summed E-state index contributed by atoms with van der Waals surface area (Å²) in [7, 11) is 3.47. The number of hydrogen-bond acceptors (Lipinski definition) is 4. The van der Waals surface area contributed by atoms with Crippen molar-refractivity contribution >= 4 is 11.5 Å². The first-order valence-electron chi connectivity index (χ1n) is 5.77. The van der Waals surface area contributed by atoms with Gasteiger partial charge in [-0.1, -0.05) is 12.1 Å². The van der Waals surface area contributed by atoms with E-state index in [0.29, 0.717) is 6.54 Å². The number of hydrogen-bond donors (Lipinski definition) is 2. The highest BCUT2D eigenvalue weighted by atomic mass is 16.5. The maximum Gasteiger partial charge on any atom is 0.213 e. The fraction of sp³-hybridized carbons (Fsp3) is 0.308. The van der Waals surface area contributed by atoms with Gasteiger partial charge in [-0.25, -0.2) is 4.68 Å². The first-order chi connectivity index (χ1) is 8.60. The maximum absolute atomic E-state index is 5.87. The summed E-state index contributed by atoms with van der Waals surface area (Å²) in [5.41, 5.74) is 8.91. The van der Waals surface area contributed by atoms with Crippen molar-refractivity contribution in [2.24, 2.45) is 7.05 Å². The van der Waals surface area contributed by atoms with Crippen molar-refractivity contribution in [2.45, 2.75) is 13.5 Å². The molecule has 96 valence electrons. The largest absolute Gasteiger partial charge is 0.481 e. The lowest BCUT2D eigenvalue weighted by atomic mass is 10.1. The normalized spacial score (nSPS) is 10.4. The molecule has 2 aromatic rings. The first kappa shape index (κ1) is 12.3. The number of nitrogens with zero attached hydrogens (tertiary/aromatic N) is 2. The van der Waals surface area contributed by atoms with Crippen LogP contribution in [0, 0.1) is 6.92 Å². The number of aryl methyl sites for hydroxylation is 2. The molecule has 3 N–H and O–H groups in total. The molecular weight excluding hydrogens is 228 g/mol. The van der Waals surface area contributed by atoms with Crippen LogP contribution in [-0.2, 0) is 13.6 Å². The molecule has 0 bridgehead atoms. The highest BCUT2D eigenvalue weighted by molar-refractivity contribution is 5.49. The number of methoxy groups -OCH3 is 1. The molecule has 2 rings (SSSR count). The summed E-state index contributed by atoms with van der Waals surface area (Å²) in [6.45, 7) is 2.68. The second kappa shape index (κ2) is 5.00. The fourth-order valence-corrected chi connectivity index (χ4v) is 1.72. The third-order valence-electron chi connectivity index (χ3n) is 2.86. The first-order valence-corrected chi connectivity index (χ1v) is 5.77. The molecule has 0 unspecified atom stereocenters. The van der Waals surface area contributed by atoms with E-state index in [1.54, 1.807) is 11.8 Å². The molecule has 0 saturated heterocycles. The van der Waals surface area contributed by atoms with Crippen molar-refractivity contribution in [3.63, 3.8) is 0 Å². The predicted octanol–water partition coefficient (Wildman–Crippen LogP) is 1.93. The Kier molecular flexibility index (Phi) is 3.41. The lowest BCUT2D eigenvalue weighted by Crippen LogP contribution is -2.02. The predicted molar refractivity (Wildman–Crippen MR) is 72.7 cm³/mol. The van der Waals surface area contributed by atoms with Gasteiger partial charge in [-0.3, -0.25) is 0 Å². The third kappa shape index (κ3) is 2.56. The van der Waals surface area contributed by atoms with Crippen LogP contribution in [0.1, 0.15) is 11.1 Å². The molecule has 5 nitrogen and oxygen atoms in total. The van der Waals surface area contributed by atoms with E-state index in [1.807, 2.05) is 32.2 Å². The summed E-state index contributed by atoms with van der Waals surface area (Å²) in [4.78, 5) is 0. The van der Waals surface area contributed by atoms with Crippen LogP contribution in [0.25, 0.3) is 0 Å². The minimum atomic E-state index is 0.685. The van der Waals surface area contributed by atoms with Gasteiger partial charge >= 0.3 is 0 Å². The van der Waals surface area contributed by atoms with Crippen LogP contribution >= 0.6 is 0 Å². The highest BCUT2D eigenvalue weighted by Crippen LogP contribution is 2.17. The van der Waals surface area contributed by atoms with Crippen LogP contribution in [-0.4, -0.2) is 16.9 Å². The molecule has 0 spiro atoms. The average Bonchev–Trinajstić information content (AvgIpc) is 2.71. The zero-order valence-corrected chi connectivity index (χ0v) is 10.9. The second-order valence-corrected chi connectivity index (χ2v) is 4.24. The van der Waals surface area contributed by atoms with Gasteiger partial charge < -0.3 is 15.8 Å². The Hall–Kier alpha value is -2.17. The van der Waals surface area contributed by atoms with Crippen molar-refractivity contribution in [2.75, 3.05) is 18.2 Å². The van der Waals surface area contributed by atoms with Crippen molar-refractivity contribution < 1.29 is 4.74 Å². The SMILES string of the molecule is COc1cc(NCc2ccc(C)c(N)c2)nn1C. The van der Waals surface area contributed by atoms with E-state index in [1.165, 1.54) is 0 Å². The number of ether oxygens (including phenoxy) is 1. The molecule has 0 aliphatic carbocycles. The van der Waals surface area contributed by atoms with Crippen LogP contribution in [0.15, 0.2) is 24.3 Å². The fourth-order valence-electron chi connectivity index (χ4n) is 1.72. The van der Waals surface area contributed by atoms with Gasteiger partial charge in [0.1, 0.15) is 0 Å². The van der Waals surface area contributed by atoms with E-state index in [4.69, 9.17) is 10.5 Å². The lowest BCUT2D eigenvalue weighted by Gasteiger charge is -2.05. The standard InChI is InChI=1S/C13H18N4O/c1-9-4-5-10(6-11(9)14)8-15-12-7-13(18-3)17(2)16-12/h4-7H,8,14H2,1-3H3,(H,15,16). The van der Waals surface area contributed by atoms with Crippen molar-refractivity contribution in [1.82, 2.24) is 9.78 Å². The average molecular weight is 246 g/mol. The van der Waals surface area contributed by atoms with Gasteiger partial charge in [0.2, 0.25) is 5.88 Å². The molecule has 0 atom stereocenters. The Morgan fingerprint density at radius 3 is 2.78 bits per heavy atom. The van der Waals surface area contributed by atoms with Gasteiger partial charge in [0.05, 0.1) is 7.11 Å². The summed E-state index contributed by atoms with van der Waals surface area (Å²) in [6.07, 6.45) is 0. The molecule has 0 amide bonds. The van der Waals surface area contributed by atoms with Gasteiger partial charge in [0.15, 0.2) is 5.82 Å². The summed E-state index contributed by atoms with van der Waals surface area (Å²) in [5, 5.41) is 7.52. The summed E-state index contributed by atoms with van der Waals surface area (Å²) in [5.74, 6) is 1.51. The number of aromatic nitrogens is 2. The molecule has 0 saturated carbocycles. The molecule has 0 aliphatic heterocycles.